The fourth-order valence-corrected chi connectivity index (χ4v) is 5.25. The van der Waals surface area contributed by atoms with Gasteiger partial charge in [-0.05, 0) is 48.6 Å². The maximum atomic E-state index is 13.8. The van der Waals surface area contributed by atoms with Crippen LogP contribution in [0.3, 0.4) is 0 Å². The van der Waals surface area contributed by atoms with Crippen molar-refractivity contribution in [3.05, 3.63) is 59.2 Å². The van der Waals surface area contributed by atoms with E-state index in [1.807, 2.05) is 32.0 Å². The number of carbonyl (C=O) groups excluding carboxylic acids is 2. The molecule has 2 aliphatic rings. The molecule has 2 aliphatic heterocycles. The molecule has 35 heavy (non-hydrogen) atoms. The van der Waals surface area contributed by atoms with Crippen LogP contribution in [0.25, 0.3) is 0 Å². The van der Waals surface area contributed by atoms with E-state index in [-0.39, 0.29) is 5.56 Å². The van der Waals surface area contributed by atoms with Gasteiger partial charge in [-0.15, -0.1) is 13.2 Å². The molecule has 0 bridgehead atoms. The van der Waals surface area contributed by atoms with E-state index < -0.39 is 53.3 Å². The van der Waals surface area contributed by atoms with E-state index in [4.69, 9.17) is 0 Å². The fourth-order valence-electron chi connectivity index (χ4n) is 5.25. The number of ether oxygens (including phenoxy) is 1. The lowest BCUT2D eigenvalue weighted by Crippen LogP contribution is -2.53. The van der Waals surface area contributed by atoms with Gasteiger partial charge in [-0.25, -0.2) is 4.90 Å². The van der Waals surface area contributed by atoms with Gasteiger partial charge in [0.25, 0.3) is 0 Å². The molecule has 4 unspecified atom stereocenters. The number of nitrogens with zero attached hydrogens (tertiary/aromatic N) is 1. The number of anilines is 1. The maximum Gasteiger partial charge on any atom is 0.573 e. The van der Waals surface area contributed by atoms with Crippen molar-refractivity contribution in [2.45, 2.75) is 51.6 Å². The van der Waals surface area contributed by atoms with Crippen molar-refractivity contribution in [2.75, 3.05) is 4.90 Å². The van der Waals surface area contributed by atoms with Crippen molar-refractivity contribution in [1.29, 1.82) is 0 Å². The predicted octanol–water partition coefficient (Wildman–Crippen LogP) is 4.00. The Labute approximate surface area is 199 Å². The molecular weight excluding hydrogens is 465 g/mol. The smallest absolute Gasteiger partial charge is 0.480 e. The summed E-state index contributed by atoms with van der Waals surface area (Å²) in [6.45, 7) is 5.11. The van der Waals surface area contributed by atoms with Crippen LogP contribution < -0.4 is 15.0 Å². The molecule has 2 fully saturated rings. The number of halogens is 3. The van der Waals surface area contributed by atoms with Crippen molar-refractivity contribution in [3.63, 3.8) is 0 Å². The van der Waals surface area contributed by atoms with Gasteiger partial charge >= 0.3 is 12.3 Å². The van der Waals surface area contributed by atoms with Gasteiger partial charge in [-0.1, -0.05) is 44.2 Å². The quantitative estimate of drug-likeness (QED) is 0.595. The second-order valence-corrected chi connectivity index (χ2v) is 8.90. The van der Waals surface area contributed by atoms with Crippen molar-refractivity contribution in [3.8, 4) is 5.75 Å². The number of aliphatic carboxylic acids is 1. The van der Waals surface area contributed by atoms with E-state index in [9.17, 15) is 32.7 Å². The topological polar surface area (TPSA) is 95.9 Å². The number of alkyl halides is 3. The fraction of sp³-hybridized carbons (Fsp3) is 0.400. The number of benzene rings is 2. The molecule has 186 valence electrons. The molecule has 2 saturated heterocycles. The summed E-state index contributed by atoms with van der Waals surface area (Å²) in [5.74, 6) is -5.44. The van der Waals surface area contributed by atoms with Crippen LogP contribution in [0.4, 0.5) is 18.9 Å². The summed E-state index contributed by atoms with van der Waals surface area (Å²) in [7, 11) is 0. The molecule has 2 amide bonds. The van der Waals surface area contributed by atoms with Gasteiger partial charge < -0.3 is 9.84 Å². The third kappa shape index (κ3) is 4.05. The number of carboxylic acids is 1. The Bertz CT molecular complexity index is 1180. The summed E-state index contributed by atoms with van der Waals surface area (Å²) >= 11 is 0. The molecular formula is C25H25F3N2O5. The third-order valence-corrected chi connectivity index (χ3v) is 6.87. The highest BCUT2D eigenvalue weighted by Gasteiger charge is 2.67. The minimum Gasteiger partial charge on any atom is -0.480 e. The molecule has 2 aromatic rings. The monoisotopic (exact) mass is 490 g/mol. The number of aryl methyl sites for hydroxylation is 2. The van der Waals surface area contributed by atoms with E-state index in [2.05, 4.69) is 10.1 Å². The first kappa shape index (κ1) is 24.7. The number of hydrogen-bond donors (Lipinski definition) is 2. The number of carboxylic acid groups (broad SMARTS) is 1. The summed E-state index contributed by atoms with van der Waals surface area (Å²) < 4.78 is 42.3. The molecule has 0 radical (unpaired) electrons. The summed E-state index contributed by atoms with van der Waals surface area (Å²) in [5.41, 5.74) is 0.406. The number of carbonyl (C=O) groups is 3. The first-order valence-corrected chi connectivity index (χ1v) is 11.3. The number of nitrogens with one attached hydrogen (secondary N) is 1. The van der Waals surface area contributed by atoms with Crippen LogP contribution in [0.5, 0.6) is 5.75 Å². The standard InChI is InChI=1S/C25H25F3N2O5/c1-4-13-8-6-9-14(5-2)20(13)30-21(31)17-18(22(30)32)24(3,23(33)34)29-19(17)15-10-7-11-16(12-15)35-25(26,27)28/h6-12,17-19,29H,4-5H2,1-3H3,(H,33,34). The highest BCUT2D eigenvalue weighted by atomic mass is 19.4. The first-order valence-electron chi connectivity index (χ1n) is 11.3. The lowest BCUT2D eigenvalue weighted by atomic mass is 9.80. The summed E-state index contributed by atoms with van der Waals surface area (Å²) in [6.07, 6.45) is -3.83. The molecule has 7 nitrogen and oxygen atoms in total. The number of fused-ring (bicyclic) bond motifs is 1. The molecule has 10 heteroatoms. The average molecular weight is 490 g/mol. The molecule has 2 heterocycles. The minimum atomic E-state index is -4.92. The number of rotatable bonds is 6. The van der Waals surface area contributed by atoms with Gasteiger partial charge in [-0.2, -0.15) is 0 Å². The normalized spacial score (nSPS) is 26.2. The molecule has 4 atom stereocenters. The van der Waals surface area contributed by atoms with Crippen LogP contribution in [0.2, 0.25) is 0 Å². The van der Waals surface area contributed by atoms with Crippen molar-refractivity contribution in [1.82, 2.24) is 5.32 Å². The van der Waals surface area contributed by atoms with Crippen LogP contribution in [-0.2, 0) is 27.2 Å². The van der Waals surface area contributed by atoms with Crippen LogP contribution in [0.15, 0.2) is 42.5 Å². The Hall–Kier alpha value is -3.40. The zero-order valence-electron chi connectivity index (χ0n) is 19.3. The van der Waals surface area contributed by atoms with Crippen LogP contribution in [0, 0.1) is 11.8 Å². The van der Waals surface area contributed by atoms with E-state index in [1.165, 1.54) is 19.1 Å². The Kier molecular flexibility index (Phi) is 6.12. The maximum absolute atomic E-state index is 13.8. The lowest BCUT2D eigenvalue weighted by Gasteiger charge is -2.29. The van der Waals surface area contributed by atoms with Crippen LogP contribution >= 0.6 is 0 Å². The molecule has 4 rings (SSSR count). The number of para-hydroxylation sites is 1. The van der Waals surface area contributed by atoms with E-state index in [0.717, 1.165) is 28.2 Å². The summed E-state index contributed by atoms with van der Waals surface area (Å²) in [4.78, 5) is 40.9. The van der Waals surface area contributed by atoms with Crippen LogP contribution in [-0.4, -0.2) is 34.8 Å². The minimum absolute atomic E-state index is 0.217. The lowest BCUT2D eigenvalue weighted by molar-refractivity contribution is -0.274. The second-order valence-electron chi connectivity index (χ2n) is 8.90. The molecule has 2 N–H and O–H groups in total. The second kappa shape index (κ2) is 8.67. The Morgan fingerprint density at radius 3 is 2.23 bits per heavy atom. The van der Waals surface area contributed by atoms with E-state index in [0.29, 0.717) is 18.5 Å². The van der Waals surface area contributed by atoms with Crippen LogP contribution in [0.1, 0.15) is 43.5 Å². The molecule has 0 aliphatic carbocycles. The summed E-state index contributed by atoms with van der Waals surface area (Å²) in [5, 5.41) is 12.9. The number of hydrogen-bond acceptors (Lipinski definition) is 5. The highest BCUT2D eigenvalue weighted by molar-refractivity contribution is 6.24. The predicted molar refractivity (Wildman–Crippen MR) is 120 cm³/mol. The largest absolute Gasteiger partial charge is 0.573 e. The average Bonchev–Trinajstić information content (AvgIpc) is 3.25. The molecule has 2 aromatic carbocycles. The molecule has 0 aromatic heterocycles. The van der Waals surface area contributed by atoms with Gasteiger partial charge in [0, 0.05) is 6.04 Å². The van der Waals surface area contributed by atoms with E-state index in [1.54, 1.807) is 0 Å². The number of amides is 2. The third-order valence-electron chi connectivity index (χ3n) is 6.87. The van der Waals surface area contributed by atoms with Gasteiger partial charge in [0.1, 0.15) is 11.3 Å². The van der Waals surface area contributed by atoms with Gasteiger partial charge in [-0.3, -0.25) is 19.7 Å². The van der Waals surface area contributed by atoms with Crippen molar-refractivity contribution in [2.24, 2.45) is 11.8 Å². The zero-order valence-corrected chi connectivity index (χ0v) is 19.3. The zero-order chi connectivity index (χ0) is 25.7. The Morgan fingerprint density at radius 1 is 1.09 bits per heavy atom. The number of imide groups is 1. The molecule has 0 saturated carbocycles. The summed E-state index contributed by atoms with van der Waals surface area (Å²) in [6, 6.07) is 9.46. The van der Waals surface area contributed by atoms with E-state index >= 15 is 0 Å². The Morgan fingerprint density at radius 2 is 1.69 bits per heavy atom. The van der Waals surface area contributed by atoms with Gasteiger partial charge in [0.15, 0.2) is 0 Å². The SMILES string of the molecule is CCc1cccc(CC)c1N1C(=O)C2C(c3cccc(OC(F)(F)F)c3)NC(C)(C(=O)O)C2C1=O. The molecule has 0 spiro atoms. The van der Waals surface area contributed by atoms with Gasteiger partial charge in [0.05, 0.1) is 17.5 Å². The Balaban J connectivity index is 1.83. The van der Waals surface area contributed by atoms with Gasteiger partial charge in [0.2, 0.25) is 11.8 Å². The highest BCUT2D eigenvalue weighted by Crippen LogP contribution is 2.51. The van der Waals surface area contributed by atoms with Crippen molar-refractivity contribution < 1.29 is 37.4 Å². The van der Waals surface area contributed by atoms with Crippen molar-refractivity contribution >= 4 is 23.5 Å². The first-order chi connectivity index (χ1) is 16.4.